The van der Waals surface area contributed by atoms with Gasteiger partial charge in [-0.25, -0.2) is 4.98 Å². The molecule has 1 aliphatic carbocycles. The molecule has 4 rings (SSSR count). The molecule has 2 amide bonds. The van der Waals surface area contributed by atoms with Gasteiger partial charge in [0.2, 0.25) is 11.8 Å². The van der Waals surface area contributed by atoms with Crippen LogP contribution < -0.4 is 0 Å². The first kappa shape index (κ1) is 22.3. The van der Waals surface area contributed by atoms with Gasteiger partial charge in [-0.1, -0.05) is 0 Å². The Morgan fingerprint density at radius 1 is 1.06 bits per heavy atom. The Kier molecular flexibility index (Phi) is 6.19. The zero-order valence-electron chi connectivity index (χ0n) is 18.8. The molecule has 0 radical (unpaired) electrons. The molecule has 172 valence electrons. The summed E-state index contributed by atoms with van der Waals surface area (Å²) in [6, 6.07) is 4.04. The molecule has 2 fully saturated rings. The smallest absolute Gasteiger partial charge is 0.308 e. The third-order valence-corrected chi connectivity index (χ3v) is 6.73. The molecule has 9 heteroatoms. The number of rotatable bonds is 4. The number of β-amino-alcohol motifs (C(OH)–C–C–N with tert-alkyl or cyclic N) is 1. The highest BCUT2D eigenvalue weighted by molar-refractivity contribution is 5.84. The number of benzene rings is 1. The Hall–Kier alpha value is -2.94. The standard InChI is InChI=1S/C23H30N4O5/c1-14-6-19-20(7-15(14)2)27(13-24-19)12-21(29)25-4-5-26(11-18(28)10-25)22(30)16-8-17(9-16)23(31)32-3/h6-7,13,16-18,28H,4-5,8-12H2,1-3H3. The molecular weight excluding hydrogens is 412 g/mol. The Morgan fingerprint density at radius 3 is 2.44 bits per heavy atom. The number of carbonyl (C=O) groups is 3. The largest absolute Gasteiger partial charge is 0.469 e. The average Bonchev–Trinajstić information content (AvgIpc) is 2.97. The van der Waals surface area contributed by atoms with Crippen molar-refractivity contribution in [2.75, 3.05) is 33.3 Å². The highest BCUT2D eigenvalue weighted by Crippen LogP contribution is 2.36. The fourth-order valence-electron chi connectivity index (χ4n) is 4.54. The zero-order valence-corrected chi connectivity index (χ0v) is 18.8. The van der Waals surface area contributed by atoms with Crippen molar-refractivity contribution in [1.82, 2.24) is 19.4 Å². The number of methoxy groups -OCH3 is 1. The van der Waals surface area contributed by atoms with Gasteiger partial charge in [-0.15, -0.1) is 0 Å². The van der Waals surface area contributed by atoms with Crippen LogP contribution in [0.4, 0.5) is 0 Å². The Morgan fingerprint density at radius 2 is 1.72 bits per heavy atom. The van der Waals surface area contributed by atoms with E-state index in [0.29, 0.717) is 25.9 Å². The highest BCUT2D eigenvalue weighted by Gasteiger charge is 2.42. The van der Waals surface area contributed by atoms with Crippen LogP contribution in [0.25, 0.3) is 11.0 Å². The van der Waals surface area contributed by atoms with Crippen LogP contribution in [0.5, 0.6) is 0 Å². The second kappa shape index (κ2) is 8.90. The summed E-state index contributed by atoms with van der Waals surface area (Å²) in [5, 5.41) is 10.5. The third-order valence-electron chi connectivity index (χ3n) is 6.73. The number of aromatic nitrogens is 2. The number of ether oxygens (including phenoxy) is 1. The highest BCUT2D eigenvalue weighted by atomic mass is 16.5. The van der Waals surface area contributed by atoms with E-state index in [4.69, 9.17) is 4.74 Å². The molecule has 1 atom stereocenters. The molecule has 1 aliphatic heterocycles. The van der Waals surface area contributed by atoms with Crippen LogP contribution in [0, 0.1) is 25.7 Å². The Balaban J connectivity index is 1.38. The molecule has 1 aromatic carbocycles. The number of aliphatic hydroxyl groups excluding tert-OH is 1. The number of nitrogens with zero attached hydrogens (tertiary/aromatic N) is 4. The van der Waals surface area contributed by atoms with Crippen LogP contribution in [0.3, 0.4) is 0 Å². The molecule has 1 saturated heterocycles. The summed E-state index contributed by atoms with van der Waals surface area (Å²) >= 11 is 0. The maximum atomic E-state index is 13.0. The molecule has 1 N–H and O–H groups in total. The van der Waals surface area contributed by atoms with Gasteiger partial charge in [-0.3, -0.25) is 14.4 Å². The summed E-state index contributed by atoms with van der Waals surface area (Å²) in [6.07, 6.45) is 1.81. The van der Waals surface area contributed by atoms with Crippen molar-refractivity contribution in [1.29, 1.82) is 0 Å². The number of carbonyl (C=O) groups excluding carboxylic acids is 3. The third kappa shape index (κ3) is 4.34. The van der Waals surface area contributed by atoms with Crippen molar-refractivity contribution >= 4 is 28.8 Å². The van der Waals surface area contributed by atoms with E-state index < -0.39 is 6.10 Å². The van der Waals surface area contributed by atoms with Crippen molar-refractivity contribution in [3.05, 3.63) is 29.6 Å². The number of aryl methyl sites for hydroxylation is 2. The van der Waals surface area contributed by atoms with E-state index >= 15 is 0 Å². The molecule has 0 spiro atoms. The molecule has 2 heterocycles. The summed E-state index contributed by atoms with van der Waals surface area (Å²) < 4.78 is 6.56. The lowest BCUT2D eigenvalue weighted by Gasteiger charge is -2.36. The minimum absolute atomic E-state index is 0.0649. The quantitative estimate of drug-likeness (QED) is 0.705. The van der Waals surface area contributed by atoms with Crippen LogP contribution in [-0.4, -0.2) is 81.6 Å². The average molecular weight is 443 g/mol. The monoisotopic (exact) mass is 442 g/mol. The van der Waals surface area contributed by atoms with Crippen molar-refractivity contribution < 1.29 is 24.2 Å². The summed E-state index contributed by atoms with van der Waals surface area (Å²) in [7, 11) is 1.35. The molecule has 2 aliphatic rings. The van der Waals surface area contributed by atoms with Crippen LogP contribution in [0.2, 0.25) is 0 Å². The lowest BCUT2D eigenvalue weighted by Crippen LogP contribution is -2.46. The first-order valence-electron chi connectivity index (χ1n) is 11.0. The molecular formula is C23H30N4O5. The molecule has 1 unspecified atom stereocenters. The predicted octanol–water partition coefficient (Wildman–Crippen LogP) is 0.884. The van der Waals surface area contributed by atoms with Gasteiger partial charge >= 0.3 is 5.97 Å². The van der Waals surface area contributed by atoms with Gasteiger partial charge in [-0.05, 0) is 49.9 Å². The van der Waals surface area contributed by atoms with Crippen LogP contribution in [0.15, 0.2) is 18.5 Å². The molecule has 1 saturated carbocycles. The van der Waals surface area contributed by atoms with Crippen LogP contribution >= 0.6 is 0 Å². The summed E-state index contributed by atoms with van der Waals surface area (Å²) in [5.74, 6) is -0.909. The van der Waals surface area contributed by atoms with Crippen LogP contribution in [-0.2, 0) is 25.7 Å². The van der Waals surface area contributed by atoms with Crippen LogP contribution in [0.1, 0.15) is 24.0 Å². The lowest BCUT2D eigenvalue weighted by atomic mass is 9.74. The second-order valence-electron chi connectivity index (χ2n) is 8.96. The summed E-state index contributed by atoms with van der Waals surface area (Å²) in [5.41, 5.74) is 4.04. The maximum absolute atomic E-state index is 13.0. The minimum Gasteiger partial charge on any atom is -0.469 e. The zero-order chi connectivity index (χ0) is 23.0. The van der Waals surface area contributed by atoms with E-state index in [0.717, 1.165) is 22.2 Å². The van der Waals surface area contributed by atoms with Gasteiger partial charge in [-0.2, -0.15) is 0 Å². The molecule has 1 aromatic heterocycles. The molecule has 2 aromatic rings. The first-order chi connectivity index (χ1) is 15.3. The summed E-state index contributed by atoms with van der Waals surface area (Å²) in [6.45, 7) is 5.29. The fourth-order valence-corrected chi connectivity index (χ4v) is 4.54. The number of amides is 2. The number of hydrogen-bond donors (Lipinski definition) is 1. The number of aliphatic hydroxyl groups is 1. The van der Waals surface area contributed by atoms with Gasteiger partial charge in [0.05, 0.1) is 36.5 Å². The van der Waals surface area contributed by atoms with Crippen molar-refractivity contribution in [2.45, 2.75) is 39.3 Å². The van der Waals surface area contributed by atoms with Crippen molar-refractivity contribution in [3.63, 3.8) is 0 Å². The van der Waals surface area contributed by atoms with Gasteiger partial charge in [0.15, 0.2) is 0 Å². The van der Waals surface area contributed by atoms with E-state index in [9.17, 15) is 19.5 Å². The predicted molar refractivity (Wildman–Crippen MR) is 117 cm³/mol. The first-order valence-corrected chi connectivity index (χ1v) is 11.0. The molecule has 0 bridgehead atoms. The molecule has 32 heavy (non-hydrogen) atoms. The SMILES string of the molecule is COC(=O)C1CC(C(=O)N2CCN(C(=O)Cn3cnc4cc(C)c(C)cc43)CC(O)C2)C1. The van der Waals surface area contributed by atoms with E-state index in [1.807, 2.05) is 30.5 Å². The minimum atomic E-state index is -0.814. The van der Waals surface area contributed by atoms with E-state index in [1.165, 1.54) is 7.11 Å². The Labute approximate surface area is 186 Å². The summed E-state index contributed by atoms with van der Waals surface area (Å²) in [4.78, 5) is 45.0. The number of esters is 1. The lowest BCUT2D eigenvalue weighted by molar-refractivity contribution is -0.154. The van der Waals surface area contributed by atoms with Gasteiger partial charge < -0.3 is 24.2 Å². The Bertz CT molecular complexity index is 1040. The normalized spacial score (nSPS) is 23.6. The number of imidazole rings is 1. The van der Waals surface area contributed by atoms with E-state index in [1.54, 1.807) is 16.1 Å². The maximum Gasteiger partial charge on any atom is 0.308 e. The van der Waals surface area contributed by atoms with Crippen molar-refractivity contribution in [3.8, 4) is 0 Å². The number of hydrogen-bond acceptors (Lipinski definition) is 6. The van der Waals surface area contributed by atoms with Gasteiger partial charge in [0, 0.05) is 32.1 Å². The van der Waals surface area contributed by atoms with E-state index in [2.05, 4.69) is 4.98 Å². The fraction of sp³-hybridized carbons (Fsp3) is 0.565. The number of fused-ring (bicyclic) bond motifs is 1. The topological polar surface area (TPSA) is 105 Å². The van der Waals surface area contributed by atoms with Gasteiger partial charge in [0.1, 0.15) is 6.54 Å². The molecule has 9 nitrogen and oxygen atoms in total. The second-order valence-corrected chi connectivity index (χ2v) is 8.96. The van der Waals surface area contributed by atoms with E-state index in [-0.39, 0.29) is 49.3 Å². The van der Waals surface area contributed by atoms with Crippen molar-refractivity contribution in [2.24, 2.45) is 11.8 Å². The van der Waals surface area contributed by atoms with Gasteiger partial charge in [0.25, 0.3) is 0 Å².